The average molecular weight is 1010 g/mol. The molecule has 0 spiro atoms. The number of hydrogen-bond donors (Lipinski definition) is 0. The molecule has 0 aliphatic carbocycles. The van der Waals surface area contributed by atoms with Crippen molar-refractivity contribution in [1.82, 2.24) is 9.55 Å². The van der Waals surface area contributed by atoms with Crippen LogP contribution in [0.25, 0.3) is 27.6 Å². The van der Waals surface area contributed by atoms with Gasteiger partial charge in [-0.05, 0) is 91.9 Å². The van der Waals surface area contributed by atoms with Gasteiger partial charge in [-0.15, -0.1) is 48.1 Å². The number of nitrogens with zero attached hydrogens (tertiary/aromatic N) is 4. The van der Waals surface area contributed by atoms with Gasteiger partial charge in [0.1, 0.15) is 5.82 Å². The molecule has 8 aromatic rings. The summed E-state index contributed by atoms with van der Waals surface area (Å²) in [4.78, 5) is 9.47. The van der Waals surface area contributed by atoms with Crippen molar-refractivity contribution in [3.8, 4) is 17.3 Å². The molecule has 0 saturated carbocycles. The van der Waals surface area contributed by atoms with Crippen molar-refractivity contribution in [2.24, 2.45) is 0 Å². The summed E-state index contributed by atoms with van der Waals surface area (Å²) in [6.45, 7) is 27.0. The zero-order valence-electron chi connectivity index (χ0n) is 38.4. The first kappa shape index (κ1) is 44.0. The van der Waals surface area contributed by atoms with Gasteiger partial charge in [0.05, 0.1) is 0 Å². The van der Waals surface area contributed by atoms with Crippen LogP contribution in [0.1, 0.15) is 104 Å². The molecule has 3 heterocycles. The van der Waals surface area contributed by atoms with Crippen LogP contribution in [0.5, 0.6) is 11.5 Å². The topological polar surface area (TPSA) is 33.5 Å². The second kappa shape index (κ2) is 16.2. The van der Waals surface area contributed by atoms with Crippen molar-refractivity contribution >= 4 is 44.6 Å². The van der Waals surface area contributed by atoms with Crippen LogP contribution in [0.15, 0.2) is 140 Å². The maximum absolute atomic E-state index is 6.72. The van der Waals surface area contributed by atoms with E-state index in [-0.39, 0.29) is 42.7 Å². The first-order valence-corrected chi connectivity index (χ1v) is 21.8. The molecule has 63 heavy (non-hydrogen) atoms. The maximum atomic E-state index is 6.72. The third-order valence-corrected chi connectivity index (χ3v) is 12.5. The molecular weight excluding hydrogens is 952 g/mol. The zero-order valence-corrected chi connectivity index (χ0v) is 40.6. The zero-order chi connectivity index (χ0) is 43.8. The van der Waals surface area contributed by atoms with Gasteiger partial charge in [0.25, 0.3) is 0 Å². The standard InChI is InChI=1S/C57H57N4O.Pt/c1-54(2,3)39-19-15-20-43(31-39)59-37-60(52-33-40(55(4,5)6)23-28-50(52)59)44-21-16-22-45(35-44)62-46-25-26-47-48-32-42(57(10,11)38-17-13-12-14-18-38)24-27-49(48)61(51(47)36-46)53-34-41(29-30-58-53)56(7,8)9;/h12-34,37H,1-11H3;/q-3;. The third-order valence-electron chi connectivity index (χ3n) is 12.5. The summed E-state index contributed by atoms with van der Waals surface area (Å²) in [6, 6.07) is 55.2. The van der Waals surface area contributed by atoms with Gasteiger partial charge in [0, 0.05) is 66.8 Å². The Morgan fingerprint density at radius 3 is 1.89 bits per heavy atom. The van der Waals surface area contributed by atoms with Gasteiger partial charge in [0.2, 0.25) is 0 Å². The minimum absolute atomic E-state index is 0. The van der Waals surface area contributed by atoms with E-state index in [0.29, 0.717) is 11.5 Å². The number of anilines is 4. The molecule has 2 aromatic heterocycles. The molecule has 0 unspecified atom stereocenters. The SMILES string of the molecule is CC(C)(C)c1cccc(N2[CH-]N(c3[c-]c(Oc4[c-]c5c(cc4)c4cc(C(C)(C)c6ccccc6)ccc4n5-c4cc(C(C)(C)C)ccn4)ccc3)c3cc(C(C)(C)C)ccc32)c1.[Pt]. The predicted octanol–water partition coefficient (Wildman–Crippen LogP) is 15.2. The fraction of sp³-hybridized carbons (Fsp3) is 0.263. The smallest absolute Gasteiger partial charge is 0.135 e. The Kier molecular flexibility index (Phi) is 11.3. The Morgan fingerprint density at radius 1 is 0.508 bits per heavy atom. The number of aromatic nitrogens is 2. The van der Waals surface area contributed by atoms with Crippen LogP contribution < -0.4 is 14.5 Å². The van der Waals surface area contributed by atoms with Crippen molar-refractivity contribution in [2.75, 3.05) is 9.80 Å². The Balaban J connectivity index is 0.00000544. The third kappa shape index (κ3) is 8.33. The Bertz CT molecular complexity index is 2960. The number of fused-ring (bicyclic) bond motifs is 4. The number of benzene rings is 6. The van der Waals surface area contributed by atoms with E-state index >= 15 is 0 Å². The van der Waals surface area contributed by atoms with Crippen molar-refractivity contribution in [3.63, 3.8) is 0 Å². The molecule has 324 valence electrons. The Morgan fingerprint density at radius 2 is 1.16 bits per heavy atom. The summed E-state index contributed by atoms with van der Waals surface area (Å²) in [7, 11) is 0. The van der Waals surface area contributed by atoms with Crippen LogP contribution in [0.2, 0.25) is 0 Å². The van der Waals surface area contributed by atoms with Gasteiger partial charge in [-0.1, -0.05) is 142 Å². The fourth-order valence-electron chi connectivity index (χ4n) is 8.54. The van der Waals surface area contributed by atoms with Crippen LogP contribution in [0.3, 0.4) is 0 Å². The monoisotopic (exact) mass is 1010 g/mol. The Hall–Kier alpha value is -5.64. The molecule has 1 aliphatic heterocycles. The van der Waals surface area contributed by atoms with Gasteiger partial charge >= 0.3 is 0 Å². The number of hydrogen-bond acceptors (Lipinski definition) is 4. The van der Waals surface area contributed by atoms with Crippen molar-refractivity contribution in [2.45, 2.75) is 97.8 Å². The molecular formula is C57H57N4OPt-3. The van der Waals surface area contributed by atoms with Crippen LogP contribution in [0.4, 0.5) is 22.7 Å². The summed E-state index contributed by atoms with van der Waals surface area (Å²) in [6.07, 6.45) is 1.92. The number of ether oxygens (including phenoxy) is 1. The molecule has 0 amide bonds. The summed E-state index contributed by atoms with van der Waals surface area (Å²) in [5.74, 6) is 2.06. The minimum atomic E-state index is -0.197. The average Bonchev–Trinajstić information content (AvgIpc) is 3.78. The maximum Gasteiger partial charge on any atom is 0.135 e. The first-order valence-electron chi connectivity index (χ1n) is 21.8. The van der Waals surface area contributed by atoms with Gasteiger partial charge in [0.15, 0.2) is 0 Å². The van der Waals surface area contributed by atoms with E-state index in [0.717, 1.165) is 50.4 Å². The summed E-state index contributed by atoms with van der Waals surface area (Å²) >= 11 is 0. The molecule has 1 aliphatic rings. The van der Waals surface area contributed by atoms with Gasteiger partial charge in [-0.3, -0.25) is 0 Å². The van der Waals surface area contributed by atoms with E-state index in [1.165, 1.54) is 27.8 Å². The van der Waals surface area contributed by atoms with E-state index < -0.39 is 0 Å². The quantitative estimate of drug-likeness (QED) is 0.149. The van der Waals surface area contributed by atoms with Crippen LogP contribution in [-0.2, 0) is 42.7 Å². The minimum Gasteiger partial charge on any atom is -0.509 e. The van der Waals surface area contributed by atoms with Gasteiger partial charge in [-0.2, -0.15) is 12.1 Å². The van der Waals surface area contributed by atoms with E-state index in [2.05, 4.69) is 225 Å². The normalized spacial score (nSPS) is 13.4. The van der Waals surface area contributed by atoms with Gasteiger partial charge in [-0.25, -0.2) is 4.98 Å². The van der Waals surface area contributed by atoms with Crippen LogP contribution >= 0.6 is 0 Å². The molecule has 0 atom stereocenters. The van der Waals surface area contributed by atoms with Crippen molar-refractivity contribution in [3.05, 3.63) is 186 Å². The van der Waals surface area contributed by atoms with Crippen LogP contribution in [-0.4, -0.2) is 9.55 Å². The summed E-state index contributed by atoms with van der Waals surface area (Å²) in [5, 5.41) is 2.24. The molecule has 0 fully saturated rings. The molecule has 5 nitrogen and oxygen atoms in total. The van der Waals surface area contributed by atoms with Crippen molar-refractivity contribution < 1.29 is 25.8 Å². The van der Waals surface area contributed by atoms with Crippen molar-refractivity contribution in [1.29, 1.82) is 0 Å². The Labute approximate surface area is 389 Å². The molecule has 0 bridgehead atoms. The van der Waals surface area contributed by atoms with Crippen LogP contribution in [0, 0.1) is 18.8 Å². The molecule has 0 saturated heterocycles. The molecule has 9 rings (SSSR count). The van der Waals surface area contributed by atoms with E-state index in [1.54, 1.807) is 0 Å². The summed E-state index contributed by atoms with van der Waals surface area (Å²) in [5.41, 5.74) is 12.3. The molecule has 6 aromatic carbocycles. The predicted molar refractivity (Wildman–Crippen MR) is 259 cm³/mol. The second-order valence-electron chi connectivity index (χ2n) is 20.4. The molecule has 0 N–H and O–H groups in total. The first-order chi connectivity index (χ1) is 29.4. The molecule has 0 radical (unpaired) electrons. The number of pyridine rings is 1. The van der Waals surface area contributed by atoms with E-state index in [9.17, 15) is 0 Å². The second-order valence-corrected chi connectivity index (χ2v) is 20.4. The van der Waals surface area contributed by atoms with Gasteiger partial charge < -0.3 is 19.1 Å². The summed E-state index contributed by atoms with van der Waals surface area (Å²) < 4.78 is 8.95. The van der Waals surface area contributed by atoms with E-state index in [4.69, 9.17) is 9.72 Å². The fourth-order valence-corrected chi connectivity index (χ4v) is 8.54. The molecule has 6 heteroatoms. The largest absolute Gasteiger partial charge is 0.509 e. The number of rotatable bonds is 7. The van der Waals surface area contributed by atoms with E-state index in [1.807, 2.05) is 24.4 Å².